The smallest absolute Gasteiger partial charge is 0.435 e. The van der Waals surface area contributed by atoms with E-state index in [0.29, 0.717) is 19.5 Å². The summed E-state index contributed by atoms with van der Waals surface area (Å²) in [5.74, 6) is -0.905. The number of aromatic nitrogens is 1. The number of esters is 1. The number of halogens is 4. The highest BCUT2D eigenvalue weighted by molar-refractivity contribution is 6.13. The molecule has 24 heavy (non-hydrogen) atoms. The molecule has 0 unspecified atom stereocenters. The van der Waals surface area contributed by atoms with Crippen LogP contribution in [-0.2, 0) is 10.9 Å². The van der Waals surface area contributed by atoms with Gasteiger partial charge in [0.15, 0.2) is 5.69 Å². The molecule has 2 atom stereocenters. The third-order valence-corrected chi connectivity index (χ3v) is 4.51. The summed E-state index contributed by atoms with van der Waals surface area (Å²) >= 11 is 6.15. The van der Waals surface area contributed by atoms with Crippen LogP contribution in [0.4, 0.5) is 18.9 Å². The van der Waals surface area contributed by atoms with Gasteiger partial charge in [0.2, 0.25) is 0 Å². The van der Waals surface area contributed by atoms with E-state index in [2.05, 4.69) is 9.72 Å². The second-order valence-electron chi connectivity index (χ2n) is 5.70. The summed E-state index contributed by atoms with van der Waals surface area (Å²) in [6.45, 7) is 4.51. The molecule has 1 saturated heterocycles. The highest BCUT2D eigenvalue weighted by Crippen LogP contribution is 2.37. The van der Waals surface area contributed by atoms with Gasteiger partial charge in [-0.2, -0.15) is 13.2 Å². The van der Waals surface area contributed by atoms with Gasteiger partial charge in [0.05, 0.1) is 12.8 Å². The first-order chi connectivity index (χ1) is 11.2. The quantitative estimate of drug-likeness (QED) is 0.607. The van der Waals surface area contributed by atoms with E-state index >= 15 is 0 Å². The van der Waals surface area contributed by atoms with E-state index in [1.807, 2.05) is 6.92 Å². The molecule has 0 spiro atoms. The molecule has 0 amide bonds. The van der Waals surface area contributed by atoms with Crippen molar-refractivity contribution in [1.82, 2.24) is 9.40 Å². The number of hydrogen-bond acceptors (Lipinski definition) is 5. The number of alkyl halides is 3. The molecule has 0 N–H and O–H groups in total. The Hall–Kier alpha value is -1.54. The first-order valence-corrected chi connectivity index (χ1v) is 7.88. The number of piperazine rings is 1. The standard InChI is InChI=1S/C15H19ClF3N3O2/c1-4-10-8-21(9(2)7-22(10)16)12-6-5-11(14(23)24-3)20-13(12)15(17,18)19/h5-6,9-10H,4,7-8H2,1-3H3/t9-,10+/m1/s1. The number of ether oxygens (including phenoxy) is 1. The van der Waals surface area contributed by atoms with Gasteiger partial charge < -0.3 is 9.64 Å². The molecule has 1 aliphatic heterocycles. The molecule has 1 aliphatic rings. The topological polar surface area (TPSA) is 45.7 Å². The monoisotopic (exact) mass is 365 g/mol. The van der Waals surface area contributed by atoms with Crippen LogP contribution in [0.1, 0.15) is 36.5 Å². The van der Waals surface area contributed by atoms with Crippen molar-refractivity contribution in [3.8, 4) is 0 Å². The zero-order chi connectivity index (χ0) is 18.1. The minimum Gasteiger partial charge on any atom is -0.464 e. The van der Waals surface area contributed by atoms with E-state index in [0.717, 1.165) is 7.11 Å². The maximum absolute atomic E-state index is 13.5. The minimum absolute atomic E-state index is 0.0501. The van der Waals surface area contributed by atoms with Crippen molar-refractivity contribution >= 4 is 23.4 Å². The van der Waals surface area contributed by atoms with Crippen LogP contribution in [-0.4, -0.2) is 47.7 Å². The summed E-state index contributed by atoms with van der Waals surface area (Å²) in [6, 6.07) is 2.23. The molecule has 1 aromatic rings. The van der Waals surface area contributed by atoms with Crippen molar-refractivity contribution in [2.24, 2.45) is 0 Å². The fourth-order valence-corrected chi connectivity index (χ4v) is 3.17. The Kier molecular flexibility index (Phi) is 5.59. The molecule has 134 valence electrons. The molecule has 0 aliphatic carbocycles. The molecule has 2 rings (SSSR count). The highest BCUT2D eigenvalue weighted by atomic mass is 35.5. The van der Waals surface area contributed by atoms with Gasteiger partial charge in [0, 0.05) is 25.2 Å². The highest BCUT2D eigenvalue weighted by Gasteiger charge is 2.40. The van der Waals surface area contributed by atoms with E-state index in [1.165, 1.54) is 12.1 Å². The van der Waals surface area contributed by atoms with Crippen LogP contribution in [0, 0.1) is 0 Å². The van der Waals surface area contributed by atoms with Crippen molar-refractivity contribution in [1.29, 1.82) is 0 Å². The predicted octanol–water partition coefficient (Wildman–Crippen LogP) is 3.33. The Balaban J connectivity index is 2.47. The number of carbonyl (C=O) groups excluding carboxylic acids is 1. The maximum Gasteiger partial charge on any atom is 0.435 e. The number of rotatable bonds is 3. The van der Waals surface area contributed by atoms with Crippen LogP contribution in [0.5, 0.6) is 0 Å². The van der Waals surface area contributed by atoms with Gasteiger partial charge in [-0.15, -0.1) is 0 Å². The van der Waals surface area contributed by atoms with Crippen LogP contribution < -0.4 is 4.90 Å². The molecular formula is C15H19ClF3N3O2. The first-order valence-electron chi connectivity index (χ1n) is 7.54. The molecule has 5 nitrogen and oxygen atoms in total. The Bertz CT molecular complexity index is 612. The zero-order valence-electron chi connectivity index (χ0n) is 13.6. The van der Waals surface area contributed by atoms with Crippen molar-refractivity contribution in [3.05, 3.63) is 23.5 Å². The fourth-order valence-electron chi connectivity index (χ4n) is 2.77. The minimum atomic E-state index is -4.68. The van der Waals surface area contributed by atoms with Gasteiger partial charge in [0.1, 0.15) is 5.69 Å². The lowest BCUT2D eigenvalue weighted by molar-refractivity contribution is -0.140. The second-order valence-corrected chi connectivity index (χ2v) is 6.13. The van der Waals surface area contributed by atoms with Gasteiger partial charge in [-0.1, -0.05) is 6.92 Å². The van der Waals surface area contributed by atoms with E-state index in [4.69, 9.17) is 11.8 Å². The van der Waals surface area contributed by atoms with Gasteiger partial charge in [-0.05, 0) is 37.3 Å². The number of carbonyl (C=O) groups is 1. The number of hydrogen-bond donors (Lipinski definition) is 0. The van der Waals surface area contributed by atoms with Gasteiger partial charge in [0.25, 0.3) is 0 Å². The van der Waals surface area contributed by atoms with E-state index in [-0.39, 0.29) is 23.5 Å². The molecule has 9 heteroatoms. The molecular weight excluding hydrogens is 347 g/mol. The predicted molar refractivity (Wildman–Crippen MR) is 84.0 cm³/mol. The number of pyridine rings is 1. The van der Waals surface area contributed by atoms with Crippen LogP contribution >= 0.6 is 11.8 Å². The Morgan fingerprint density at radius 1 is 1.42 bits per heavy atom. The second kappa shape index (κ2) is 7.14. The number of nitrogens with zero attached hydrogens (tertiary/aromatic N) is 3. The van der Waals surface area contributed by atoms with Crippen molar-refractivity contribution < 1.29 is 22.7 Å². The summed E-state index contributed by atoms with van der Waals surface area (Å²) in [5, 5.41) is 0. The zero-order valence-corrected chi connectivity index (χ0v) is 14.4. The van der Waals surface area contributed by atoms with Crippen LogP contribution in [0.2, 0.25) is 0 Å². The molecule has 0 saturated carbocycles. The van der Waals surface area contributed by atoms with Crippen LogP contribution in [0.25, 0.3) is 0 Å². The SMILES string of the molecule is CC[C@H]1CN(c2ccc(C(=O)OC)nc2C(F)(F)F)[C@H](C)CN1Cl. The van der Waals surface area contributed by atoms with Crippen LogP contribution in [0.3, 0.4) is 0 Å². The summed E-state index contributed by atoms with van der Waals surface area (Å²) in [6.07, 6.45) is -3.97. The maximum atomic E-state index is 13.5. The summed E-state index contributed by atoms with van der Waals surface area (Å²) in [5.41, 5.74) is -1.51. The lowest BCUT2D eigenvalue weighted by Gasteiger charge is -2.43. The number of anilines is 1. The molecule has 0 aromatic carbocycles. The van der Waals surface area contributed by atoms with Crippen molar-refractivity contribution in [3.63, 3.8) is 0 Å². The third kappa shape index (κ3) is 3.75. The van der Waals surface area contributed by atoms with E-state index in [9.17, 15) is 18.0 Å². The van der Waals surface area contributed by atoms with Gasteiger partial charge in [-0.3, -0.25) is 0 Å². The van der Waals surface area contributed by atoms with Gasteiger partial charge in [-0.25, -0.2) is 14.2 Å². The van der Waals surface area contributed by atoms with E-state index in [1.54, 1.807) is 16.2 Å². The lowest BCUT2D eigenvalue weighted by atomic mass is 10.1. The lowest BCUT2D eigenvalue weighted by Crippen LogP contribution is -2.54. The largest absolute Gasteiger partial charge is 0.464 e. The first kappa shape index (κ1) is 18.8. The average molecular weight is 366 g/mol. The molecule has 0 radical (unpaired) electrons. The summed E-state index contributed by atoms with van der Waals surface area (Å²) < 4.78 is 46.4. The van der Waals surface area contributed by atoms with Crippen molar-refractivity contribution in [2.45, 2.75) is 38.5 Å². The average Bonchev–Trinajstić information content (AvgIpc) is 2.53. The Morgan fingerprint density at radius 2 is 2.08 bits per heavy atom. The molecule has 1 fully saturated rings. The molecule has 1 aromatic heterocycles. The normalized spacial score (nSPS) is 22.5. The summed E-state index contributed by atoms with van der Waals surface area (Å²) in [4.78, 5) is 16.6. The van der Waals surface area contributed by atoms with Crippen molar-refractivity contribution in [2.75, 3.05) is 25.1 Å². The van der Waals surface area contributed by atoms with Gasteiger partial charge >= 0.3 is 12.1 Å². The Labute approximate surface area is 143 Å². The third-order valence-electron chi connectivity index (χ3n) is 4.09. The molecule has 0 bridgehead atoms. The Morgan fingerprint density at radius 3 is 2.62 bits per heavy atom. The fraction of sp³-hybridized carbons (Fsp3) is 0.600. The molecule has 2 heterocycles. The van der Waals surface area contributed by atoms with E-state index < -0.39 is 17.8 Å². The summed E-state index contributed by atoms with van der Waals surface area (Å²) in [7, 11) is 1.10. The number of methoxy groups -OCH3 is 1. The van der Waals surface area contributed by atoms with Crippen LogP contribution in [0.15, 0.2) is 12.1 Å².